The Hall–Kier alpha value is -2.36. The predicted molar refractivity (Wildman–Crippen MR) is 59.0 cm³/mol. The Balaban J connectivity index is 2.17. The summed E-state index contributed by atoms with van der Waals surface area (Å²) in [7, 11) is 0. The molecule has 3 nitrogen and oxygen atoms in total. The van der Waals surface area contributed by atoms with Crippen LogP contribution in [0.2, 0.25) is 0 Å². The number of carbonyl (C=O) groups is 1. The third-order valence-electron chi connectivity index (χ3n) is 2.67. The number of halogens is 1. The highest BCUT2D eigenvalue weighted by atomic mass is 19.1. The summed E-state index contributed by atoms with van der Waals surface area (Å²) < 4.78 is 18.0. The molecule has 0 fully saturated rings. The lowest BCUT2D eigenvalue weighted by Crippen LogP contribution is -1.80. The Bertz CT molecular complexity index is 614. The van der Waals surface area contributed by atoms with Crippen LogP contribution in [0.1, 0.15) is 10.4 Å². The van der Waals surface area contributed by atoms with Crippen LogP contribution in [-0.4, -0.2) is 11.4 Å². The molecule has 0 saturated heterocycles. The topological polar surface area (TPSA) is 49.8 Å². The normalized spacial score (nSPS) is 11.6. The van der Waals surface area contributed by atoms with Gasteiger partial charge in [0.2, 0.25) is 0 Å². The maximum absolute atomic E-state index is 12.8. The standard InChI is InChI=1S/C13H7FO3/c14-9-3-1-7(2-4-9)11-10(16)5-8(6-15)12-13(11)17-12/h1-6,16H. The van der Waals surface area contributed by atoms with E-state index in [2.05, 4.69) is 0 Å². The van der Waals surface area contributed by atoms with Gasteiger partial charge in [-0.1, -0.05) is 12.1 Å². The van der Waals surface area contributed by atoms with Crippen LogP contribution in [-0.2, 0) is 0 Å². The number of aromatic hydroxyl groups is 1. The fraction of sp³-hybridized carbons (Fsp3) is 0. The maximum Gasteiger partial charge on any atom is 0.182 e. The van der Waals surface area contributed by atoms with E-state index in [4.69, 9.17) is 4.74 Å². The Morgan fingerprint density at radius 2 is 1.88 bits per heavy atom. The number of benzene rings is 2. The highest BCUT2D eigenvalue weighted by molar-refractivity contribution is 5.94. The van der Waals surface area contributed by atoms with Crippen molar-refractivity contribution in [2.24, 2.45) is 0 Å². The first kappa shape index (κ1) is 9.84. The zero-order valence-corrected chi connectivity index (χ0v) is 8.61. The molecular weight excluding hydrogens is 223 g/mol. The van der Waals surface area contributed by atoms with Crippen molar-refractivity contribution in [3.8, 4) is 28.4 Å². The molecule has 0 aliphatic carbocycles. The number of hydrogen-bond donors (Lipinski definition) is 1. The summed E-state index contributed by atoms with van der Waals surface area (Å²) in [5, 5.41) is 9.83. The van der Waals surface area contributed by atoms with Crippen molar-refractivity contribution in [2.45, 2.75) is 0 Å². The molecular formula is C13H7FO3. The Morgan fingerprint density at radius 1 is 1.18 bits per heavy atom. The molecule has 0 saturated carbocycles. The molecule has 1 heterocycles. The molecule has 0 unspecified atom stereocenters. The monoisotopic (exact) mass is 230 g/mol. The van der Waals surface area contributed by atoms with E-state index in [-0.39, 0.29) is 11.6 Å². The molecule has 2 aromatic carbocycles. The summed E-state index contributed by atoms with van der Waals surface area (Å²) in [6, 6.07) is 7.05. The van der Waals surface area contributed by atoms with Crippen LogP contribution >= 0.6 is 0 Å². The smallest absolute Gasteiger partial charge is 0.182 e. The van der Waals surface area contributed by atoms with Gasteiger partial charge in [0.15, 0.2) is 17.8 Å². The van der Waals surface area contributed by atoms with Gasteiger partial charge in [-0.25, -0.2) is 4.39 Å². The van der Waals surface area contributed by atoms with Crippen molar-refractivity contribution in [3.63, 3.8) is 0 Å². The van der Waals surface area contributed by atoms with Gasteiger partial charge in [-0.05, 0) is 23.8 Å². The zero-order chi connectivity index (χ0) is 12.0. The number of rotatable bonds is 2. The minimum Gasteiger partial charge on any atom is -0.507 e. The van der Waals surface area contributed by atoms with Gasteiger partial charge < -0.3 is 9.84 Å². The average Bonchev–Trinajstić information content (AvgIpc) is 3.09. The number of phenolic OH excluding ortho intramolecular Hbond substituents is 1. The summed E-state index contributed by atoms with van der Waals surface area (Å²) in [5.41, 5.74) is 1.46. The molecule has 84 valence electrons. The third-order valence-corrected chi connectivity index (χ3v) is 2.67. The first-order valence-electron chi connectivity index (χ1n) is 4.99. The van der Waals surface area contributed by atoms with Crippen molar-refractivity contribution in [3.05, 3.63) is 41.7 Å². The SMILES string of the molecule is O=Cc1cc(O)c(-c2ccc(F)cc2)c2c1O2. The highest BCUT2D eigenvalue weighted by Crippen LogP contribution is 2.57. The molecule has 1 aliphatic heterocycles. The molecule has 0 spiro atoms. The van der Waals surface area contributed by atoms with Crippen LogP contribution in [0, 0.1) is 5.82 Å². The molecule has 0 aromatic heterocycles. The number of hydrogen-bond acceptors (Lipinski definition) is 3. The fourth-order valence-corrected chi connectivity index (χ4v) is 1.82. The molecule has 0 amide bonds. The van der Waals surface area contributed by atoms with E-state index in [1.807, 2.05) is 0 Å². The van der Waals surface area contributed by atoms with E-state index in [9.17, 15) is 14.3 Å². The second-order valence-corrected chi connectivity index (χ2v) is 3.74. The van der Waals surface area contributed by atoms with E-state index >= 15 is 0 Å². The van der Waals surface area contributed by atoms with E-state index in [1.54, 1.807) is 12.1 Å². The van der Waals surface area contributed by atoms with E-state index in [0.29, 0.717) is 34.5 Å². The highest BCUT2D eigenvalue weighted by Gasteiger charge is 2.32. The van der Waals surface area contributed by atoms with Gasteiger partial charge in [-0.2, -0.15) is 0 Å². The summed E-state index contributed by atoms with van der Waals surface area (Å²) in [4.78, 5) is 10.7. The van der Waals surface area contributed by atoms with Crippen molar-refractivity contribution in [1.29, 1.82) is 0 Å². The Kier molecular flexibility index (Phi) is 1.92. The van der Waals surface area contributed by atoms with E-state index in [1.165, 1.54) is 18.2 Å². The van der Waals surface area contributed by atoms with Crippen LogP contribution in [0.4, 0.5) is 4.39 Å². The van der Waals surface area contributed by atoms with Crippen LogP contribution in [0.3, 0.4) is 0 Å². The van der Waals surface area contributed by atoms with Crippen molar-refractivity contribution in [1.82, 2.24) is 0 Å². The molecule has 0 bridgehead atoms. The lowest BCUT2D eigenvalue weighted by atomic mass is 10.0. The van der Waals surface area contributed by atoms with Crippen LogP contribution < -0.4 is 4.74 Å². The lowest BCUT2D eigenvalue weighted by molar-refractivity contribution is 0.112. The van der Waals surface area contributed by atoms with Gasteiger partial charge in [0.25, 0.3) is 0 Å². The quantitative estimate of drug-likeness (QED) is 0.543. The van der Waals surface area contributed by atoms with Crippen molar-refractivity contribution < 1.29 is 19.0 Å². The maximum atomic E-state index is 12.8. The second kappa shape index (κ2) is 3.31. The number of fused-ring (bicyclic) bond motifs is 1. The molecule has 2 aromatic rings. The van der Waals surface area contributed by atoms with Gasteiger partial charge in [0.05, 0.1) is 11.1 Å². The van der Waals surface area contributed by atoms with Crippen LogP contribution in [0.25, 0.3) is 11.1 Å². The first-order valence-corrected chi connectivity index (χ1v) is 4.99. The largest absolute Gasteiger partial charge is 0.507 e. The molecule has 0 radical (unpaired) electrons. The van der Waals surface area contributed by atoms with Crippen molar-refractivity contribution in [2.75, 3.05) is 0 Å². The number of phenols is 1. The van der Waals surface area contributed by atoms with Gasteiger partial charge in [0.1, 0.15) is 11.6 Å². The minimum absolute atomic E-state index is 0.0463. The summed E-state index contributed by atoms with van der Waals surface area (Å²) in [6.45, 7) is 0. The van der Waals surface area contributed by atoms with Crippen LogP contribution in [0.15, 0.2) is 30.3 Å². The number of carbonyl (C=O) groups excluding carboxylic acids is 1. The minimum atomic E-state index is -0.348. The summed E-state index contributed by atoms with van der Waals surface area (Å²) in [5.74, 6) is 0.575. The second-order valence-electron chi connectivity index (χ2n) is 3.74. The zero-order valence-electron chi connectivity index (χ0n) is 8.61. The fourth-order valence-electron chi connectivity index (χ4n) is 1.82. The van der Waals surface area contributed by atoms with Crippen LogP contribution in [0.5, 0.6) is 17.2 Å². The average molecular weight is 230 g/mol. The van der Waals surface area contributed by atoms with E-state index in [0.717, 1.165) is 0 Å². The Morgan fingerprint density at radius 3 is 2.53 bits per heavy atom. The van der Waals surface area contributed by atoms with Gasteiger partial charge in [0, 0.05) is 0 Å². The Labute approximate surface area is 96.1 Å². The first-order chi connectivity index (χ1) is 8.20. The van der Waals surface area contributed by atoms with Gasteiger partial charge >= 0.3 is 0 Å². The number of aldehydes is 1. The van der Waals surface area contributed by atoms with Gasteiger partial charge in [-0.15, -0.1) is 0 Å². The molecule has 1 N–H and O–H groups in total. The van der Waals surface area contributed by atoms with Gasteiger partial charge in [-0.3, -0.25) is 4.79 Å². The molecule has 0 atom stereocenters. The van der Waals surface area contributed by atoms with Crippen molar-refractivity contribution >= 4 is 6.29 Å². The summed E-state index contributed by atoms with van der Waals surface area (Å²) >= 11 is 0. The molecule has 4 heteroatoms. The number of ether oxygens (including phenoxy) is 1. The molecule has 17 heavy (non-hydrogen) atoms. The molecule has 3 rings (SSSR count). The third kappa shape index (κ3) is 1.45. The lowest BCUT2D eigenvalue weighted by Gasteiger charge is -2.02. The summed E-state index contributed by atoms with van der Waals surface area (Å²) in [6.07, 6.45) is 0.625. The van der Waals surface area contributed by atoms with E-state index < -0.39 is 0 Å². The predicted octanol–water partition coefficient (Wildman–Crippen LogP) is 3.12. The molecule has 1 aliphatic rings.